The van der Waals surface area contributed by atoms with Crippen molar-refractivity contribution in [1.29, 1.82) is 0 Å². The molecule has 0 atom stereocenters. The van der Waals surface area contributed by atoms with Crippen molar-refractivity contribution in [2.75, 3.05) is 0 Å². The van der Waals surface area contributed by atoms with Gasteiger partial charge in [0, 0.05) is 0 Å². The zero-order valence-corrected chi connectivity index (χ0v) is 5.32. The van der Waals surface area contributed by atoms with E-state index in [1.54, 1.807) is 6.92 Å². The van der Waals surface area contributed by atoms with E-state index >= 15 is 0 Å². The highest BCUT2D eigenvalue weighted by Crippen LogP contribution is 2.06. The van der Waals surface area contributed by atoms with Gasteiger partial charge in [0.2, 0.25) is 0 Å². The predicted octanol–water partition coefficient (Wildman–Crippen LogP) is 2.49. The molecular weight excluding hydrogens is 119 g/mol. The Bertz CT molecular complexity index is 168. The van der Waals surface area contributed by atoms with Gasteiger partial charge in [-0.3, -0.25) is 0 Å². The summed E-state index contributed by atoms with van der Waals surface area (Å²) in [5.74, 6) is -1.29. The Balaban J connectivity index is 4.17. The number of hydrogen-bond acceptors (Lipinski definition) is 1. The fourth-order valence-corrected chi connectivity index (χ4v) is 0.312. The Hall–Kier alpha value is -1.05. The predicted molar refractivity (Wildman–Crippen MR) is 35.8 cm³/mol. The molecule has 0 aromatic heterocycles. The minimum absolute atomic E-state index is 0.456. The number of hydrogen-bond donors (Lipinski definition) is 1. The van der Waals surface area contributed by atoms with Gasteiger partial charge in [0.1, 0.15) is 0 Å². The maximum absolute atomic E-state index is 11.9. The van der Waals surface area contributed by atoms with E-state index in [4.69, 9.17) is 5.11 Å². The number of allylic oxidation sites excluding steroid dienone is 3. The molecule has 0 aliphatic heterocycles. The van der Waals surface area contributed by atoms with Crippen molar-refractivity contribution in [2.45, 2.75) is 6.92 Å². The summed E-state index contributed by atoms with van der Waals surface area (Å²) in [6, 6.07) is 0. The average Bonchev–Trinajstić information content (AvgIpc) is 1.63. The maximum atomic E-state index is 11.9. The molecule has 0 saturated carbocycles. The summed E-state index contributed by atoms with van der Waals surface area (Å²) in [6.45, 7) is 7.97. The zero-order valence-electron chi connectivity index (χ0n) is 5.32. The summed E-state index contributed by atoms with van der Waals surface area (Å²) in [6.07, 6.45) is 1.21. The molecule has 0 aromatic rings. The molecule has 0 radical (unpaired) electrons. The summed E-state index contributed by atoms with van der Waals surface area (Å²) < 4.78 is 11.9. The molecule has 0 rings (SSSR count). The van der Waals surface area contributed by atoms with Crippen LogP contribution in [-0.2, 0) is 0 Å². The lowest BCUT2D eigenvalue weighted by atomic mass is 10.3. The monoisotopic (exact) mass is 128 g/mol. The van der Waals surface area contributed by atoms with Crippen LogP contribution in [0.15, 0.2) is 36.4 Å². The van der Waals surface area contributed by atoms with Gasteiger partial charge in [-0.25, -0.2) is 4.39 Å². The lowest BCUT2D eigenvalue weighted by Crippen LogP contribution is -1.79. The lowest BCUT2D eigenvalue weighted by molar-refractivity contribution is 0.390. The van der Waals surface area contributed by atoms with Crippen LogP contribution in [0, 0.1) is 0 Å². The van der Waals surface area contributed by atoms with E-state index in [1.807, 2.05) is 0 Å². The number of halogens is 1. The van der Waals surface area contributed by atoms with Crippen molar-refractivity contribution in [3.63, 3.8) is 0 Å². The first-order valence-corrected chi connectivity index (χ1v) is 2.45. The third-order valence-corrected chi connectivity index (χ3v) is 0.661. The van der Waals surface area contributed by atoms with E-state index in [-0.39, 0.29) is 0 Å². The smallest absolute Gasteiger partial charge is 0.157 e. The second-order valence-electron chi connectivity index (χ2n) is 1.78. The zero-order chi connectivity index (χ0) is 7.44. The van der Waals surface area contributed by atoms with Crippen LogP contribution < -0.4 is 0 Å². The summed E-state index contributed by atoms with van der Waals surface area (Å²) >= 11 is 0. The van der Waals surface area contributed by atoms with Crippen LogP contribution >= 0.6 is 0 Å². The number of rotatable bonds is 2. The molecular formula is C7H9FO. The molecule has 0 unspecified atom stereocenters. The molecule has 50 valence electrons. The molecule has 0 aliphatic rings. The largest absolute Gasteiger partial charge is 0.505 e. The van der Waals surface area contributed by atoms with Crippen LogP contribution in [-0.4, -0.2) is 5.11 Å². The van der Waals surface area contributed by atoms with Crippen molar-refractivity contribution >= 4 is 0 Å². The minimum Gasteiger partial charge on any atom is -0.505 e. The average molecular weight is 128 g/mol. The Morgan fingerprint density at radius 2 is 2.00 bits per heavy atom. The summed E-state index contributed by atoms with van der Waals surface area (Å²) in [4.78, 5) is 0. The van der Waals surface area contributed by atoms with Crippen molar-refractivity contribution in [3.8, 4) is 0 Å². The van der Waals surface area contributed by atoms with E-state index in [2.05, 4.69) is 13.2 Å². The van der Waals surface area contributed by atoms with Crippen LogP contribution in [0.1, 0.15) is 6.92 Å². The van der Waals surface area contributed by atoms with Crippen LogP contribution in [0.5, 0.6) is 0 Å². The van der Waals surface area contributed by atoms with E-state index in [9.17, 15) is 4.39 Å². The van der Waals surface area contributed by atoms with E-state index < -0.39 is 11.6 Å². The second-order valence-corrected chi connectivity index (χ2v) is 1.78. The highest BCUT2D eigenvalue weighted by molar-refractivity contribution is 5.23. The van der Waals surface area contributed by atoms with Crippen molar-refractivity contribution in [1.82, 2.24) is 0 Å². The van der Waals surface area contributed by atoms with E-state index in [0.29, 0.717) is 5.57 Å². The van der Waals surface area contributed by atoms with Gasteiger partial charge in [-0.15, -0.1) is 0 Å². The first-order valence-electron chi connectivity index (χ1n) is 2.45. The third kappa shape index (κ3) is 3.53. The molecule has 0 bridgehead atoms. The number of aliphatic hydroxyl groups excluding tert-OH is 1. The topological polar surface area (TPSA) is 20.2 Å². The molecule has 0 aliphatic carbocycles. The summed E-state index contributed by atoms with van der Waals surface area (Å²) in [5.41, 5.74) is 0.589. The molecule has 0 heterocycles. The molecule has 0 amide bonds. The molecule has 9 heavy (non-hydrogen) atoms. The Morgan fingerprint density at radius 1 is 1.56 bits per heavy atom. The third-order valence-electron chi connectivity index (χ3n) is 0.661. The van der Waals surface area contributed by atoms with E-state index in [0.717, 1.165) is 0 Å². The van der Waals surface area contributed by atoms with Crippen LogP contribution in [0.2, 0.25) is 0 Å². The summed E-state index contributed by atoms with van der Waals surface area (Å²) in [7, 11) is 0. The molecule has 0 spiro atoms. The van der Waals surface area contributed by atoms with Crippen molar-refractivity contribution in [3.05, 3.63) is 36.4 Å². The Morgan fingerprint density at radius 3 is 2.11 bits per heavy atom. The normalized spacial score (nSPS) is 11.1. The van der Waals surface area contributed by atoms with Crippen molar-refractivity contribution in [2.24, 2.45) is 0 Å². The van der Waals surface area contributed by atoms with Gasteiger partial charge in [-0.2, -0.15) is 0 Å². The number of aliphatic hydroxyl groups is 1. The first-order chi connectivity index (χ1) is 4.04. The van der Waals surface area contributed by atoms with Crippen LogP contribution in [0.25, 0.3) is 0 Å². The lowest BCUT2D eigenvalue weighted by Gasteiger charge is -1.91. The van der Waals surface area contributed by atoms with Crippen molar-refractivity contribution < 1.29 is 9.50 Å². The Kier molecular flexibility index (Phi) is 2.71. The van der Waals surface area contributed by atoms with Gasteiger partial charge in [0.05, 0.1) is 0 Å². The molecule has 1 N–H and O–H groups in total. The van der Waals surface area contributed by atoms with Gasteiger partial charge >= 0.3 is 0 Å². The maximum Gasteiger partial charge on any atom is 0.157 e. The second kappa shape index (κ2) is 3.07. The quantitative estimate of drug-likeness (QED) is 0.447. The molecule has 0 aromatic carbocycles. The molecule has 0 fully saturated rings. The van der Waals surface area contributed by atoms with E-state index in [1.165, 1.54) is 6.08 Å². The standard InChI is InChI=1S/C7H9FO/c1-5(2)4-7(9)6(3)8/h4,9H,1,3H2,2H3/b7-4+. The summed E-state index contributed by atoms with van der Waals surface area (Å²) in [5, 5.41) is 8.62. The fourth-order valence-electron chi connectivity index (χ4n) is 0.312. The molecule has 1 nitrogen and oxygen atoms in total. The van der Waals surface area contributed by atoms with Gasteiger partial charge in [0.25, 0.3) is 0 Å². The first kappa shape index (κ1) is 7.95. The van der Waals surface area contributed by atoms with Gasteiger partial charge in [-0.05, 0) is 13.0 Å². The highest BCUT2D eigenvalue weighted by Gasteiger charge is 1.94. The fraction of sp³-hybridized carbons (Fsp3) is 0.143. The van der Waals surface area contributed by atoms with Gasteiger partial charge < -0.3 is 5.11 Å². The highest BCUT2D eigenvalue weighted by atomic mass is 19.1. The Labute approximate surface area is 53.8 Å². The molecule has 2 heteroatoms. The van der Waals surface area contributed by atoms with Crippen LogP contribution in [0.3, 0.4) is 0 Å². The van der Waals surface area contributed by atoms with Gasteiger partial charge in [0.15, 0.2) is 11.6 Å². The minimum atomic E-state index is -0.835. The SMILES string of the molecule is C=C(C)/C=C(/O)C(=C)F. The van der Waals surface area contributed by atoms with Gasteiger partial charge in [-0.1, -0.05) is 18.7 Å². The molecule has 0 saturated heterocycles. The van der Waals surface area contributed by atoms with Crippen LogP contribution in [0.4, 0.5) is 4.39 Å².